The molecule has 0 radical (unpaired) electrons. The highest BCUT2D eigenvalue weighted by atomic mass is 35.5. The van der Waals surface area contributed by atoms with Crippen LogP contribution in [0.25, 0.3) is 0 Å². The molecule has 0 aromatic heterocycles. The Kier molecular flexibility index (Phi) is 3.97. The molecular formula is C21H31ClO2. The van der Waals surface area contributed by atoms with E-state index in [4.69, 9.17) is 11.6 Å². The predicted molar refractivity (Wildman–Crippen MR) is 96.9 cm³/mol. The number of alkyl halides is 1. The van der Waals surface area contributed by atoms with Crippen molar-refractivity contribution in [3.05, 3.63) is 11.6 Å². The summed E-state index contributed by atoms with van der Waals surface area (Å²) in [6, 6.07) is 0. The number of halogens is 1. The van der Waals surface area contributed by atoms with Gasteiger partial charge in [0.15, 0.2) is 0 Å². The van der Waals surface area contributed by atoms with Gasteiger partial charge in [0, 0.05) is 11.3 Å². The van der Waals surface area contributed by atoms with Gasteiger partial charge < -0.3 is 5.11 Å². The molecule has 2 nitrogen and oxygen atoms in total. The van der Waals surface area contributed by atoms with Crippen LogP contribution in [0.2, 0.25) is 0 Å². The maximum Gasteiger partial charge on any atom is 0.133 e. The molecule has 3 saturated carbocycles. The normalized spacial score (nSPS) is 53.6. The number of ketones is 1. The highest BCUT2D eigenvalue weighted by Crippen LogP contribution is 2.66. The van der Waals surface area contributed by atoms with Crippen LogP contribution < -0.4 is 0 Å². The van der Waals surface area contributed by atoms with Crippen molar-refractivity contribution in [1.29, 1.82) is 0 Å². The summed E-state index contributed by atoms with van der Waals surface area (Å²) in [4.78, 5) is 12.2. The van der Waals surface area contributed by atoms with E-state index in [1.54, 1.807) is 6.92 Å². The summed E-state index contributed by atoms with van der Waals surface area (Å²) in [6.45, 7) is 6.41. The van der Waals surface area contributed by atoms with Crippen molar-refractivity contribution in [3.8, 4) is 0 Å². The first kappa shape index (κ1) is 17.1. The lowest BCUT2D eigenvalue weighted by Crippen LogP contribution is -2.56. The fourth-order valence-electron chi connectivity index (χ4n) is 7.42. The van der Waals surface area contributed by atoms with Gasteiger partial charge in [0.05, 0.1) is 6.10 Å². The second-order valence-corrected chi connectivity index (χ2v) is 10.2. The van der Waals surface area contributed by atoms with Crippen LogP contribution in [-0.2, 0) is 4.79 Å². The summed E-state index contributed by atoms with van der Waals surface area (Å²) < 4.78 is 0. The Morgan fingerprint density at radius 3 is 2.75 bits per heavy atom. The van der Waals surface area contributed by atoms with Crippen molar-refractivity contribution in [2.75, 3.05) is 0 Å². The molecule has 24 heavy (non-hydrogen) atoms. The van der Waals surface area contributed by atoms with E-state index in [0.717, 1.165) is 44.9 Å². The summed E-state index contributed by atoms with van der Waals surface area (Å²) in [6.07, 6.45) is 9.37. The Bertz CT molecular complexity index is 584. The highest BCUT2D eigenvalue weighted by Gasteiger charge is 2.62. The number of hydrogen-bond donors (Lipinski definition) is 1. The molecule has 3 fully saturated rings. The van der Waals surface area contributed by atoms with Crippen molar-refractivity contribution in [1.82, 2.24) is 0 Å². The molecule has 4 aliphatic rings. The molecule has 0 bridgehead atoms. The van der Waals surface area contributed by atoms with Gasteiger partial charge in [-0.3, -0.25) is 4.79 Å². The molecule has 4 aliphatic carbocycles. The zero-order chi connectivity index (χ0) is 17.3. The molecule has 0 unspecified atom stereocenters. The second-order valence-electron chi connectivity index (χ2n) is 9.54. The minimum atomic E-state index is -0.281. The Labute approximate surface area is 151 Å². The molecule has 0 amide bonds. The second kappa shape index (κ2) is 5.58. The summed E-state index contributed by atoms with van der Waals surface area (Å²) in [5.74, 6) is 1.94. The lowest BCUT2D eigenvalue weighted by Gasteiger charge is -2.59. The van der Waals surface area contributed by atoms with Crippen LogP contribution in [0.3, 0.4) is 0 Å². The van der Waals surface area contributed by atoms with Gasteiger partial charge in [-0.1, -0.05) is 25.5 Å². The van der Waals surface area contributed by atoms with Crippen molar-refractivity contribution in [2.45, 2.75) is 77.2 Å². The fourth-order valence-corrected chi connectivity index (χ4v) is 7.69. The topological polar surface area (TPSA) is 37.3 Å². The van der Waals surface area contributed by atoms with E-state index in [0.29, 0.717) is 23.5 Å². The van der Waals surface area contributed by atoms with Gasteiger partial charge in [-0.15, -0.1) is 11.6 Å². The predicted octanol–water partition coefficient (Wildman–Crippen LogP) is 4.73. The smallest absolute Gasteiger partial charge is 0.133 e. The highest BCUT2D eigenvalue weighted by molar-refractivity contribution is 6.20. The molecule has 1 N–H and O–H groups in total. The third kappa shape index (κ3) is 2.21. The number of rotatable bonds is 1. The number of aliphatic hydroxyl groups is 1. The minimum absolute atomic E-state index is 0.00218. The molecular weight excluding hydrogens is 320 g/mol. The van der Waals surface area contributed by atoms with E-state index in [1.165, 1.54) is 5.57 Å². The minimum Gasteiger partial charge on any atom is -0.393 e. The molecule has 8 atom stereocenters. The lowest BCUT2D eigenvalue weighted by atomic mass is 9.46. The first-order valence-corrected chi connectivity index (χ1v) is 10.2. The number of carbonyl (C=O) groups is 1. The van der Waals surface area contributed by atoms with Crippen LogP contribution in [0, 0.1) is 34.5 Å². The van der Waals surface area contributed by atoms with Gasteiger partial charge in [-0.25, -0.2) is 0 Å². The molecule has 3 heteroatoms. The van der Waals surface area contributed by atoms with E-state index >= 15 is 0 Å². The number of aliphatic hydroxyl groups excluding tert-OH is 1. The summed E-state index contributed by atoms with van der Waals surface area (Å²) in [7, 11) is 0. The monoisotopic (exact) mass is 350 g/mol. The zero-order valence-corrected chi connectivity index (χ0v) is 16.0. The molecule has 0 aliphatic heterocycles. The quantitative estimate of drug-likeness (QED) is 0.548. The van der Waals surface area contributed by atoms with Crippen LogP contribution in [-0.4, -0.2) is 22.4 Å². The zero-order valence-electron chi connectivity index (χ0n) is 15.2. The van der Waals surface area contributed by atoms with Crippen molar-refractivity contribution in [3.63, 3.8) is 0 Å². The lowest BCUT2D eigenvalue weighted by molar-refractivity contribution is -0.138. The van der Waals surface area contributed by atoms with E-state index in [1.807, 2.05) is 0 Å². The molecule has 134 valence electrons. The third-order valence-corrected chi connectivity index (χ3v) is 8.84. The number of carbonyl (C=O) groups excluding carboxylic acids is 1. The molecule has 0 spiro atoms. The first-order valence-electron chi connectivity index (χ1n) is 9.79. The van der Waals surface area contributed by atoms with Gasteiger partial charge in [0.1, 0.15) is 5.78 Å². The largest absolute Gasteiger partial charge is 0.393 e. The maximum atomic E-state index is 12.2. The Morgan fingerprint density at radius 2 is 2.04 bits per heavy atom. The molecule has 0 saturated heterocycles. The van der Waals surface area contributed by atoms with Gasteiger partial charge in [0.25, 0.3) is 0 Å². The average molecular weight is 351 g/mol. The molecule has 0 aromatic carbocycles. The van der Waals surface area contributed by atoms with Crippen LogP contribution >= 0.6 is 11.6 Å². The van der Waals surface area contributed by atoms with E-state index < -0.39 is 0 Å². The van der Waals surface area contributed by atoms with Gasteiger partial charge >= 0.3 is 0 Å². The number of fused-ring (bicyclic) bond motifs is 5. The van der Waals surface area contributed by atoms with Crippen molar-refractivity contribution >= 4 is 17.4 Å². The Balaban J connectivity index is 1.71. The molecule has 0 heterocycles. The van der Waals surface area contributed by atoms with E-state index in [9.17, 15) is 9.90 Å². The van der Waals surface area contributed by atoms with E-state index in [2.05, 4.69) is 19.9 Å². The summed E-state index contributed by atoms with van der Waals surface area (Å²) in [5, 5.41) is 11.5. The Morgan fingerprint density at radius 1 is 1.29 bits per heavy atom. The number of hydrogen-bond acceptors (Lipinski definition) is 2. The van der Waals surface area contributed by atoms with E-state index in [-0.39, 0.29) is 28.2 Å². The van der Waals surface area contributed by atoms with Gasteiger partial charge in [0.2, 0.25) is 0 Å². The molecule has 4 rings (SSSR count). The van der Waals surface area contributed by atoms with Crippen molar-refractivity contribution < 1.29 is 9.90 Å². The van der Waals surface area contributed by atoms with Crippen LogP contribution in [0.15, 0.2) is 11.6 Å². The van der Waals surface area contributed by atoms with Crippen LogP contribution in [0.5, 0.6) is 0 Å². The third-order valence-electron chi connectivity index (χ3n) is 8.47. The van der Waals surface area contributed by atoms with Crippen LogP contribution in [0.4, 0.5) is 0 Å². The van der Waals surface area contributed by atoms with Crippen molar-refractivity contribution in [2.24, 2.45) is 34.5 Å². The maximum absolute atomic E-state index is 12.2. The summed E-state index contributed by atoms with van der Waals surface area (Å²) in [5.41, 5.74) is 1.61. The summed E-state index contributed by atoms with van der Waals surface area (Å²) >= 11 is 6.43. The SMILES string of the molecule is CC(=O)[C@@H]1CC[C@@H]2[C@@H]3CC=C4C[C@H](Cl)CC[C@]4(C)[C@H]3[C@H](O)C[C@]21C. The number of allylic oxidation sites excluding steroid dienone is 2. The van der Waals surface area contributed by atoms with Gasteiger partial charge in [-0.05, 0) is 80.5 Å². The first-order chi connectivity index (χ1) is 11.3. The van der Waals surface area contributed by atoms with Gasteiger partial charge in [-0.2, -0.15) is 0 Å². The number of Topliss-reactive ketones (excluding diaryl/α,β-unsaturated/α-hetero) is 1. The molecule has 0 aromatic rings. The Hall–Kier alpha value is -0.340. The fraction of sp³-hybridized carbons (Fsp3) is 0.857. The standard InChI is InChI=1S/C21H31ClO2/c1-12(23)16-6-7-17-15-5-4-13-10-14(22)8-9-20(13,2)19(15)18(24)11-21(16,17)3/h4,14-19,24H,5-11H2,1-3H3/t14-,15+,16+,17-,18-,19-,20+,21+/m1/s1. The van der Waals surface area contributed by atoms with Crippen LogP contribution in [0.1, 0.15) is 65.7 Å². The average Bonchev–Trinajstić information content (AvgIpc) is 2.84.